The summed E-state index contributed by atoms with van der Waals surface area (Å²) < 4.78 is 0.999. The van der Waals surface area contributed by atoms with Crippen molar-refractivity contribution in [3.05, 3.63) is 40.1 Å². The molecule has 0 aliphatic carbocycles. The van der Waals surface area contributed by atoms with Gasteiger partial charge in [-0.05, 0) is 44.0 Å². The number of hydrogen-bond acceptors (Lipinski definition) is 3. The highest BCUT2D eigenvalue weighted by molar-refractivity contribution is 9.10. The summed E-state index contributed by atoms with van der Waals surface area (Å²) >= 11 is 3.39. The maximum atomic E-state index is 12.4. The van der Waals surface area contributed by atoms with Crippen molar-refractivity contribution in [3.8, 4) is 5.69 Å². The van der Waals surface area contributed by atoms with Crippen LogP contribution in [0.15, 0.2) is 28.7 Å². The van der Waals surface area contributed by atoms with Crippen LogP contribution in [-0.4, -0.2) is 38.9 Å². The Hall–Kier alpha value is -1.69. The molecule has 20 heavy (non-hydrogen) atoms. The number of aromatic nitrogens is 3. The van der Waals surface area contributed by atoms with Gasteiger partial charge in [-0.2, -0.15) is 9.90 Å². The van der Waals surface area contributed by atoms with Crippen molar-refractivity contribution < 1.29 is 4.79 Å². The molecule has 104 valence electrons. The molecule has 5 nitrogen and oxygen atoms in total. The molecule has 0 unspecified atom stereocenters. The molecule has 0 spiro atoms. The third-order valence-electron chi connectivity index (χ3n) is 3.44. The van der Waals surface area contributed by atoms with Gasteiger partial charge in [0.2, 0.25) is 0 Å². The van der Waals surface area contributed by atoms with Crippen LogP contribution in [0.1, 0.15) is 29.0 Å². The quantitative estimate of drug-likeness (QED) is 0.848. The molecule has 1 saturated heterocycles. The van der Waals surface area contributed by atoms with Crippen molar-refractivity contribution >= 4 is 21.8 Å². The van der Waals surface area contributed by atoms with Gasteiger partial charge in [0.1, 0.15) is 0 Å². The molecule has 0 saturated carbocycles. The average Bonchev–Trinajstić information content (AvgIpc) is 3.08. The average molecular weight is 335 g/mol. The second kappa shape index (κ2) is 5.36. The second-order valence-corrected chi connectivity index (χ2v) is 5.81. The fraction of sp³-hybridized carbons (Fsp3) is 0.357. The van der Waals surface area contributed by atoms with E-state index in [1.165, 1.54) is 4.80 Å². The minimum absolute atomic E-state index is 0.0108. The molecule has 1 fully saturated rings. The fourth-order valence-electron chi connectivity index (χ4n) is 2.34. The summed E-state index contributed by atoms with van der Waals surface area (Å²) in [5, 5.41) is 8.70. The summed E-state index contributed by atoms with van der Waals surface area (Å²) in [4.78, 5) is 15.7. The van der Waals surface area contributed by atoms with E-state index in [1.54, 1.807) is 0 Å². The van der Waals surface area contributed by atoms with Gasteiger partial charge in [-0.1, -0.05) is 15.9 Å². The number of benzene rings is 1. The lowest BCUT2D eigenvalue weighted by atomic mass is 10.3. The van der Waals surface area contributed by atoms with Crippen LogP contribution in [0.25, 0.3) is 5.69 Å². The van der Waals surface area contributed by atoms with Gasteiger partial charge in [-0.15, -0.1) is 5.10 Å². The molecule has 1 aromatic heterocycles. The molecule has 6 heteroatoms. The normalized spacial score (nSPS) is 14.8. The van der Waals surface area contributed by atoms with E-state index in [0.717, 1.165) is 36.1 Å². The Morgan fingerprint density at radius 3 is 2.45 bits per heavy atom. The monoisotopic (exact) mass is 334 g/mol. The summed E-state index contributed by atoms with van der Waals surface area (Å²) in [6, 6.07) is 7.67. The lowest BCUT2D eigenvalue weighted by Crippen LogP contribution is -2.28. The first-order valence-corrected chi connectivity index (χ1v) is 7.43. The molecule has 0 N–H and O–H groups in total. The maximum Gasteiger partial charge on any atom is 0.276 e. The van der Waals surface area contributed by atoms with Gasteiger partial charge < -0.3 is 4.90 Å². The molecule has 1 aliphatic heterocycles. The van der Waals surface area contributed by atoms with Crippen molar-refractivity contribution in [2.45, 2.75) is 19.8 Å². The minimum atomic E-state index is -0.0108. The number of halogens is 1. The van der Waals surface area contributed by atoms with Crippen molar-refractivity contribution in [2.24, 2.45) is 0 Å². The predicted octanol–water partition coefficient (Wildman–Crippen LogP) is 2.57. The van der Waals surface area contributed by atoms with E-state index in [2.05, 4.69) is 26.1 Å². The highest BCUT2D eigenvalue weighted by Crippen LogP contribution is 2.16. The van der Waals surface area contributed by atoms with Crippen LogP contribution in [0, 0.1) is 6.92 Å². The van der Waals surface area contributed by atoms with E-state index < -0.39 is 0 Å². The molecule has 1 aliphatic rings. The van der Waals surface area contributed by atoms with Crippen LogP contribution < -0.4 is 0 Å². The fourth-order valence-corrected chi connectivity index (χ4v) is 2.60. The summed E-state index contributed by atoms with van der Waals surface area (Å²) in [5.41, 5.74) is 1.97. The van der Waals surface area contributed by atoms with E-state index >= 15 is 0 Å². The summed E-state index contributed by atoms with van der Waals surface area (Å²) in [6.45, 7) is 3.47. The highest BCUT2D eigenvalue weighted by atomic mass is 79.9. The number of likely N-dealkylation sites (tertiary alicyclic amines) is 1. The van der Waals surface area contributed by atoms with Gasteiger partial charge >= 0.3 is 0 Å². The zero-order valence-electron chi connectivity index (χ0n) is 11.2. The molecule has 0 atom stereocenters. The molecule has 2 heterocycles. The van der Waals surface area contributed by atoms with Crippen LogP contribution in [0.3, 0.4) is 0 Å². The minimum Gasteiger partial charge on any atom is -0.337 e. The Labute approximate surface area is 125 Å². The second-order valence-electron chi connectivity index (χ2n) is 4.90. The highest BCUT2D eigenvalue weighted by Gasteiger charge is 2.24. The number of carbonyl (C=O) groups is 1. The summed E-state index contributed by atoms with van der Waals surface area (Å²) in [7, 11) is 0. The van der Waals surface area contributed by atoms with Gasteiger partial charge in [-0.3, -0.25) is 4.79 Å². The third-order valence-corrected chi connectivity index (χ3v) is 3.96. The van der Waals surface area contributed by atoms with Gasteiger partial charge in [0.25, 0.3) is 5.91 Å². The van der Waals surface area contributed by atoms with Crippen LogP contribution in [0.2, 0.25) is 0 Å². The Balaban J connectivity index is 1.90. The number of hydrogen-bond donors (Lipinski definition) is 0. The van der Waals surface area contributed by atoms with E-state index in [0.29, 0.717) is 11.4 Å². The SMILES string of the molecule is Cc1nn(-c2ccc(Br)cc2)nc1C(=O)N1CCCC1. The summed E-state index contributed by atoms with van der Waals surface area (Å²) in [6.07, 6.45) is 2.15. The van der Waals surface area contributed by atoms with Crippen LogP contribution >= 0.6 is 15.9 Å². The van der Waals surface area contributed by atoms with E-state index in [4.69, 9.17) is 0 Å². The first kappa shape index (κ1) is 13.3. The van der Waals surface area contributed by atoms with Gasteiger partial charge in [-0.25, -0.2) is 0 Å². The molecule has 1 aromatic carbocycles. The Bertz CT molecular complexity index is 629. The molecular weight excluding hydrogens is 320 g/mol. The number of carbonyl (C=O) groups excluding carboxylic acids is 1. The number of aryl methyl sites for hydroxylation is 1. The van der Waals surface area contributed by atoms with Gasteiger partial charge in [0, 0.05) is 17.6 Å². The largest absolute Gasteiger partial charge is 0.337 e. The molecule has 3 rings (SSSR count). The van der Waals surface area contributed by atoms with Crippen molar-refractivity contribution in [2.75, 3.05) is 13.1 Å². The number of amides is 1. The lowest BCUT2D eigenvalue weighted by molar-refractivity contribution is 0.0786. The zero-order valence-corrected chi connectivity index (χ0v) is 12.8. The standard InChI is InChI=1S/C14H15BrN4O/c1-10-13(14(20)18-8-2-3-9-18)17-19(16-10)12-6-4-11(15)5-7-12/h4-7H,2-3,8-9H2,1H3. The van der Waals surface area contributed by atoms with Crippen LogP contribution in [0.5, 0.6) is 0 Å². The lowest BCUT2D eigenvalue weighted by Gasteiger charge is -2.13. The van der Waals surface area contributed by atoms with Crippen molar-refractivity contribution in [3.63, 3.8) is 0 Å². The first-order chi connectivity index (χ1) is 9.65. The van der Waals surface area contributed by atoms with Crippen molar-refractivity contribution in [1.29, 1.82) is 0 Å². The number of rotatable bonds is 2. The van der Waals surface area contributed by atoms with E-state index in [9.17, 15) is 4.79 Å². The van der Waals surface area contributed by atoms with Crippen LogP contribution in [0.4, 0.5) is 0 Å². The Morgan fingerprint density at radius 1 is 1.15 bits per heavy atom. The van der Waals surface area contributed by atoms with Gasteiger partial charge in [0.15, 0.2) is 5.69 Å². The van der Waals surface area contributed by atoms with Gasteiger partial charge in [0.05, 0.1) is 11.4 Å². The Kier molecular flexibility index (Phi) is 3.56. The molecular formula is C14H15BrN4O. The van der Waals surface area contributed by atoms with E-state index in [-0.39, 0.29) is 5.91 Å². The van der Waals surface area contributed by atoms with E-state index in [1.807, 2.05) is 36.1 Å². The molecule has 1 amide bonds. The molecule has 0 radical (unpaired) electrons. The number of nitrogens with zero attached hydrogens (tertiary/aromatic N) is 4. The first-order valence-electron chi connectivity index (χ1n) is 6.64. The summed E-state index contributed by atoms with van der Waals surface area (Å²) in [5.74, 6) is -0.0108. The smallest absolute Gasteiger partial charge is 0.276 e. The molecule has 0 bridgehead atoms. The zero-order chi connectivity index (χ0) is 14.1. The van der Waals surface area contributed by atoms with Crippen LogP contribution in [-0.2, 0) is 0 Å². The topological polar surface area (TPSA) is 51.0 Å². The van der Waals surface area contributed by atoms with Crippen molar-refractivity contribution in [1.82, 2.24) is 19.9 Å². The third kappa shape index (κ3) is 2.47. The maximum absolute atomic E-state index is 12.4. The molecule has 2 aromatic rings. The predicted molar refractivity (Wildman–Crippen MR) is 78.9 cm³/mol. The Morgan fingerprint density at radius 2 is 1.80 bits per heavy atom.